The van der Waals surface area contributed by atoms with Gasteiger partial charge in [-0.25, -0.2) is 9.18 Å². The Morgan fingerprint density at radius 3 is 2.31 bits per heavy atom. The quantitative estimate of drug-likeness (QED) is 0.573. The number of alkyl carbamates (subject to hydrolysis) is 1. The summed E-state index contributed by atoms with van der Waals surface area (Å²) in [7, 11) is -1.05. The maximum atomic E-state index is 15.1. The summed E-state index contributed by atoms with van der Waals surface area (Å²) in [5, 5.41) is 14.3. The van der Waals surface area contributed by atoms with Gasteiger partial charge in [-0.1, -0.05) is 41.9 Å². The van der Waals surface area contributed by atoms with Gasteiger partial charge in [0.2, 0.25) is 0 Å². The molecule has 1 fully saturated rings. The highest BCUT2D eigenvalue weighted by Gasteiger charge is 2.57. The summed E-state index contributed by atoms with van der Waals surface area (Å²) in [6.45, 7) is 12.6. The molecule has 2 unspecified atom stereocenters. The normalized spacial score (nSPS) is 24.3. The van der Waals surface area contributed by atoms with Crippen molar-refractivity contribution in [1.82, 2.24) is 5.32 Å². The van der Waals surface area contributed by atoms with Crippen LogP contribution >= 0.6 is 11.6 Å². The van der Waals surface area contributed by atoms with Crippen molar-refractivity contribution in [3.05, 3.63) is 58.4 Å². The molecule has 7 nitrogen and oxygen atoms in total. The molecule has 0 aromatic heterocycles. The van der Waals surface area contributed by atoms with Crippen LogP contribution in [0.25, 0.3) is 0 Å². The van der Waals surface area contributed by atoms with Crippen LogP contribution in [0, 0.1) is 5.82 Å². The second kappa shape index (κ2) is 8.90. The van der Waals surface area contributed by atoms with Gasteiger partial charge in [-0.05, 0) is 48.5 Å². The number of halogens is 2. The van der Waals surface area contributed by atoms with Gasteiger partial charge in [0.15, 0.2) is 5.60 Å². The molecule has 2 aromatic carbocycles. The topological polar surface area (TPSA) is 86.3 Å². The lowest BCUT2D eigenvalue weighted by Gasteiger charge is -2.33. The van der Waals surface area contributed by atoms with Crippen molar-refractivity contribution in [3.63, 3.8) is 0 Å². The fourth-order valence-electron chi connectivity index (χ4n) is 4.37. The van der Waals surface area contributed by atoms with Crippen molar-refractivity contribution < 1.29 is 33.1 Å². The molecule has 194 valence electrons. The number of carbonyl (C=O) groups is 1. The zero-order valence-electron chi connectivity index (χ0n) is 21.6. The van der Waals surface area contributed by atoms with E-state index in [1.807, 2.05) is 33.8 Å². The maximum Gasteiger partial charge on any atom is 0.497 e. The average molecular weight is 520 g/mol. The largest absolute Gasteiger partial charge is 0.497 e. The van der Waals surface area contributed by atoms with Crippen molar-refractivity contribution in [3.8, 4) is 5.75 Å². The standard InChI is InChI=1S/C26H32BClFNO6/c1-23(2,3)34-22(32)30-14-26(15-11-9-8-10-12-15)21(31)18-17(33-26)13-16(29)20(28)19(18)27-35-24(4,5)25(6,7)36-27/h8-13,21,31H,14H2,1-7H3,(H,30,32). The summed E-state index contributed by atoms with van der Waals surface area (Å²) in [6, 6.07) is 10.0. The summed E-state index contributed by atoms with van der Waals surface area (Å²) < 4.78 is 39.0. The Morgan fingerprint density at radius 1 is 1.17 bits per heavy atom. The van der Waals surface area contributed by atoms with E-state index in [2.05, 4.69) is 5.32 Å². The molecule has 0 saturated carbocycles. The molecule has 2 aliphatic heterocycles. The molecule has 2 aromatic rings. The lowest BCUT2D eigenvalue weighted by atomic mass is 9.72. The third kappa shape index (κ3) is 4.58. The lowest BCUT2D eigenvalue weighted by Crippen LogP contribution is -2.48. The molecule has 0 aliphatic carbocycles. The Hall–Kier alpha value is -2.33. The average Bonchev–Trinajstić information content (AvgIpc) is 3.16. The number of aliphatic hydroxyl groups is 1. The molecule has 2 heterocycles. The number of nitrogens with one attached hydrogen (secondary N) is 1. The number of ether oxygens (including phenoxy) is 2. The SMILES string of the molecule is CC(C)(C)OC(=O)NCC1(c2ccccc2)Oc2cc(F)c(Cl)c(B3OC(C)(C)C(C)(C)O3)c2C1O. The van der Waals surface area contributed by atoms with Gasteiger partial charge in [0.25, 0.3) is 0 Å². The highest BCUT2D eigenvalue weighted by atomic mass is 35.5. The minimum Gasteiger partial charge on any atom is -0.477 e. The summed E-state index contributed by atoms with van der Waals surface area (Å²) in [6.07, 6.45) is -2.03. The van der Waals surface area contributed by atoms with E-state index in [-0.39, 0.29) is 28.3 Å². The van der Waals surface area contributed by atoms with Crippen molar-refractivity contribution in [1.29, 1.82) is 0 Å². The zero-order chi connectivity index (χ0) is 26.7. The Kier molecular flexibility index (Phi) is 6.61. The van der Waals surface area contributed by atoms with E-state index in [4.69, 9.17) is 30.4 Å². The molecule has 36 heavy (non-hydrogen) atoms. The minimum atomic E-state index is -1.49. The van der Waals surface area contributed by atoms with Crippen molar-refractivity contribution in [2.75, 3.05) is 6.54 Å². The zero-order valence-corrected chi connectivity index (χ0v) is 22.3. The molecular weight excluding hydrogens is 488 g/mol. The number of benzene rings is 2. The van der Waals surface area contributed by atoms with Crippen LogP contribution in [-0.4, -0.2) is 41.7 Å². The molecule has 0 spiro atoms. The van der Waals surface area contributed by atoms with E-state index in [0.29, 0.717) is 5.56 Å². The summed E-state index contributed by atoms with van der Waals surface area (Å²) in [5.74, 6) is -0.653. The Balaban J connectivity index is 1.79. The second-order valence-corrected chi connectivity index (χ2v) is 11.6. The number of carbonyl (C=O) groups excluding carboxylic acids is 1. The first-order chi connectivity index (χ1) is 16.6. The molecule has 2 aliphatic rings. The smallest absolute Gasteiger partial charge is 0.477 e. The van der Waals surface area contributed by atoms with Crippen LogP contribution in [0.15, 0.2) is 36.4 Å². The van der Waals surface area contributed by atoms with E-state index >= 15 is 4.39 Å². The fourth-order valence-corrected chi connectivity index (χ4v) is 4.61. The third-order valence-corrected chi connectivity index (χ3v) is 7.30. The predicted molar refractivity (Wildman–Crippen MR) is 135 cm³/mol. The van der Waals surface area contributed by atoms with Crippen LogP contribution in [0.5, 0.6) is 5.75 Å². The van der Waals surface area contributed by atoms with Crippen LogP contribution in [0.1, 0.15) is 65.7 Å². The molecule has 1 amide bonds. The highest BCUT2D eigenvalue weighted by Crippen LogP contribution is 2.50. The van der Waals surface area contributed by atoms with Gasteiger partial charge >= 0.3 is 13.2 Å². The first-order valence-corrected chi connectivity index (χ1v) is 12.2. The minimum absolute atomic E-state index is 0.0870. The lowest BCUT2D eigenvalue weighted by molar-refractivity contribution is -0.0336. The highest BCUT2D eigenvalue weighted by molar-refractivity contribution is 6.66. The van der Waals surface area contributed by atoms with Gasteiger partial charge in [0.1, 0.15) is 23.3 Å². The number of fused-ring (bicyclic) bond motifs is 1. The molecule has 0 radical (unpaired) electrons. The molecule has 2 N–H and O–H groups in total. The van der Waals surface area contributed by atoms with Gasteiger partial charge in [-0.2, -0.15) is 0 Å². The number of hydrogen-bond acceptors (Lipinski definition) is 6. The first-order valence-electron chi connectivity index (χ1n) is 11.8. The van der Waals surface area contributed by atoms with Crippen LogP contribution in [0.4, 0.5) is 9.18 Å². The Bertz CT molecular complexity index is 1150. The predicted octanol–water partition coefficient (Wildman–Crippen LogP) is 4.62. The monoisotopic (exact) mass is 519 g/mol. The second-order valence-electron chi connectivity index (χ2n) is 11.2. The van der Waals surface area contributed by atoms with Crippen LogP contribution in [-0.2, 0) is 19.6 Å². The van der Waals surface area contributed by atoms with E-state index in [9.17, 15) is 9.90 Å². The molecule has 4 rings (SSSR count). The number of rotatable bonds is 4. The number of aliphatic hydroxyl groups excluding tert-OH is 1. The van der Waals surface area contributed by atoms with Crippen molar-refractivity contribution >= 4 is 30.3 Å². The van der Waals surface area contributed by atoms with Gasteiger partial charge in [-0.15, -0.1) is 0 Å². The number of amides is 1. The van der Waals surface area contributed by atoms with Gasteiger partial charge in [0.05, 0.1) is 22.8 Å². The molecule has 2 atom stereocenters. The number of hydrogen-bond donors (Lipinski definition) is 2. The van der Waals surface area contributed by atoms with Crippen molar-refractivity contribution in [2.45, 2.75) is 77.0 Å². The molecular formula is C26H32BClFNO6. The molecule has 10 heteroatoms. The first kappa shape index (κ1) is 26.7. The Labute approximate surface area is 216 Å². The van der Waals surface area contributed by atoms with Gasteiger partial charge < -0.3 is 29.2 Å². The van der Waals surface area contributed by atoms with E-state index in [0.717, 1.165) is 6.07 Å². The van der Waals surface area contributed by atoms with E-state index < -0.39 is 47.5 Å². The van der Waals surface area contributed by atoms with Crippen molar-refractivity contribution in [2.24, 2.45) is 0 Å². The van der Waals surface area contributed by atoms with E-state index in [1.54, 1.807) is 45.0 Å². The maximum absolute atomic E-state index is 15.1. The Morgan fingerprint density at radius 2 is 1.75 bits per heavy atom. The molecule has 0 bridgehead atoms. The van der Waals surface area contributed by atoms with E-state index in [1.165, 1.54) is 0 Å². The van der Waals surface area contributed by atoms with Gasteiger partial charge in [0, 0.05) is 22.7 Å². The molecule has 1 saturated heterocycles. The third-order valence-electron chi connectivity index (χ3n) is 6.91. The van der Waals surface area contributed by atoms with Crippen LogP contribution in [0.2, 0.25) is 5.02 Å². The van der Waals surface area contributed by atoms with Crippen LogP contribution in [0.3, 0.4) is 0 Å². The summed E-state index contributed by atoms with van der Waals surface area (Å²) in [5.41, 5.74) is -2.68. The van der Waals surface area contributed by atoms with Crippen LogP contribution < -0.4 is 15.5 Å². The van der Waals surface area contributed by atoms with Gasteiger partial charge in [-0.3, -0.25) is 0 Å². The summed E-state index contributed by atoms with van der Waals surface area (Å²) >= 11 is 6.46. The fraction of sp³-hybridized carbons (Fsp3) is 0.500. The summed E-state index contributed by atoms with van der Waals surface area (Å²) in [4.78, 5) is 12.5.